The van der Waals surface area contributed by atoms with Crippen LogP contribution in [0, 0.1) is 0 Å². The summed E-state index contributed by atoms with van der Waals surface area (Å²) >= 11 is 0. The van der Waals surface area contributed by atoms with Crippen LogP contribution in [0.25, 0.3) is 0 Å². The van der Waals surface area contributed by atoms with Crippen molar-refractivity contribution in [3.63, 3.8) is 0 Å². The van der Waals surface area contributed by atoms with E-state index in [0.717, 1.165) is 18.2 Å². The maximum atomic E-state index is 12.6. The first-order valence-corrected chi connectivity index (χ1v) is 6.43. The van der Waals surface area contributed by atoms with Gasteiger partial charge in [-0.05, 0) is 30.2 Å². The Balaban J connectivity index is 2.03. The molecule has 0 saturated carbocycles. The largest absolute Gasteiger partial charge is 0.468 e. The molecule has 2 aromatic rings. The fraction of sp³-hybridized carbons (Fsp3) is 0.333. The third-order valence-corrected chi connectivity index (χ3v) is 3.10. The molecule has 2 nitrogen and oxygen atoms in total. The van der Waals surface area contributed by atoms with Gasteiger partial charge in [-0.25, -0.2) is 0 Å². The lowest BCUT2D eigenvalue weighted by molar-refractivity contribution is -0.137. The van der Waals surface area contributed by atoms with E-state index in [1.807, 2.05) is 13.0 Å². The molecule has 108 valence electrons. The van der Waals surface area contributed by atoms with Crippen LogP contribution in [0.5, 0.6) is 0 Å². The highest BCUT2D eigenvalue weighted by Crippen LogP contribution is 2.29. The lowest BCUT2D eigenvalue weighted by Crippen LogP contribution is -2.20. The van der Waals surface area contributed by atoms with Gasteiger partial charge in [0.15, 0.2) is 0 Å². The summed E-state index contributed by atoms with van der Waals surface area (Å²) in [6.45, 7) is 2.36. The zero-order chi connectivity index (χ0) is 14.6. The van der Waals surface area contributed by atoms with Crippen LogP contribution < -0.4 is 5.32 Å². The summed E-state index contributed by atoms with van der Waals surface area (Å²) in [6, 6.07) is 9.00. The molecule has 0 saturated heterocycles. The van der Waals surface area contributed by atoms with E-state index in [4.69, 9.17) is 4.42 Å². The molecule has 1 atom stereocenters. The topological polar surface area (TPSA) is 25.2 Å². The van der Waals surface area contributed by atoms with Crippen LogP contribution in [-0.4, -0.2) is 0 Å². The fourth-order valence-electron chi connectivity index (χ4n) is 2.03. The molecule has 0 radical (unpaired) electrons. The minimum atomic E-state index is -4.30. The highest BCUT2D eigenvalue weighted by molar-refractivity contribution is 5.25. The van der Waals surface area contributed by atoms with Crippen molar-refractivity contribution in [1.82, 2.24) is 5.32 Å². The quantitative estimate of drug-likeness (QED) is 0.871. The second kappa shape index (κ2) is 6.13. The maximum Gasteiger partial charge on any atom is 0.416 e. The average Bonchev–Trinajstić information content (AvgIpc) is 2.93. The molecule has 1 aromatic heterocycles. The fourth-order valence-corrected chi connectivity index (χ4v) is 2.03. The summed E-state index contributed by atoms with van der Waals surface area (Å²) in [4.78, 5) is 0. The molecule has 0 spiro atoms. The van der Waals surface area contributed by atoms with Crippen molar-refractivity contribution in [2.45, 2.75) is 32.1 Å². The second-order valence-corrected chi connectivity index (χ2v) is 4.56. The average molecular weight is 283 g/mol. The SMILES string of the molecule is CCC(NCc1cccc(C(F)(F)F)c1)c1ccco1. The van der Waals surface area contributed by atoms with Crippen molar-refractivity contribution in [3.8, 4) is 0 Å². The Morgan fingerprint density at radius 2 is 2.00 bits per heavy atom. The summed E-state index contributed by atoms with van der Waals surface area (Å²) in [5, 5.41) is 3.21. The predicted molar refractivity (Wildman–Crippen MR) is 70.0 cm³/mol. The van der Waals surface area contributed by atoms with Crippen molar-refractivity contribution in [2.24, 2.45) is 0 Å². The van der Waals surface area contributed by atoms with E-state index < -0.39 is 11.7 Å². The molecule has 1 N–H and O–H groups in total. The van der Waals surface area contributed by atoms with E-state index >= 15 is 0 Å². The summed E-state index contributed by atoms with van der Waals surface area (Å²) in [5.74, 6) is 0.791. The van der Waals surface area contributed by atoms with Crippen LogP contribution in [0.2, 0.25) is 0 Å². The highest BCUT2D eigenvalue weighted by atomic mass is 19.4. The number of hydrogen-bond donors (Lipinski definition) is 1. The molecule has 0 aliphatic heterocycles. The first kappa shape index (κ1) is 14.7. The van der Waals surface area contributed by atoms with Gasteiger partial charge in [0.1, 0.15) is 5.76 Å². The second-order valence-electron chi connectivity index (χ2n) is 4.56. The molecular formula is C15H16F3NO. The van der Waals surface area contributed by atoms with Gasteiger partial charge in [0.05, 0.1) is 17.9 Å². The van der Waals surface area contributed by atoms with Crippen molar-refractivity contribution >= 4 is 0 Å². The third kappa shape index (κ3) is 3.63. The number of rotatable bonds is 5. The van der Waals surface area contributed by atoms with Crippen LogP contribution in [0.1, 0.15) is 36.3 Å². The van der Waals surface area contributed by atoms with E-state index in [1.165, 1.54) is 12.1 Å². The molecule has 5 heteroatoms. The number of hydrogen-bond acceptors (Lipinski definition) is 2. The van der Waals surface area contributed by atoms with E-state index in [2.05, 4.69) is 5.32 Å². The first-order valence-electron chi connectivity index (χ1n) is 6.43. The van der Waals surface area contributed by atoms with Gasteiger partial charge in [0, 0.05) is 6.54 Å². The number of nitrogens with one attached hydrogen (secondary N) is 1. The van der Waals surface area contributed by atoms with Gasteiger partial charge in [-0.15, -0.1) is 0 Å². The Bertz CT molecular complexity index is 534. The summed E-state index contributed by atoms with van der Waals surface area (Å²) in [7, 11) is 0. The molecule has 1 heterocycles. The van der Waals surface area contributed by atoms with Gasteiger partial charge < -0.3 is 9.73 Å². The number of furan rings is 1. The van der Waals surface area contributed by atoms with E-state index in [9.17, 15) is 13.2 Å². The smallest absolute Gasteiger partial charge is 0.416 e. The molecular weight excluding hydrogens is 267 g/mol. The monoisotopic (exact) mass is 283 g/mol. The number of halogens is 3. The Kier molecular flexibility index (Phi) is 4.49. The highest BCUT2D eigenvalue weighted by Gasteiger charge is 2.30. The minimum Gasteiger partial charge on any atom is -0.468 e. The zero-order valence-electron chi connectivity index (χ0n) is 11.1. The van der Waals surface area contributed by atoms with Crippen LogP contribution in [0.4, 0.5) is 13.2 Å². The Labute approximate surface area is 115 Å². The van der Waals surface area contributed by atoms with Gasteiger partial charge in [-0.2, -0.15) is 13.2 Å². The molecule has 2 rings (SSSR count). The molecule has 0 bridgehead atoms. The van der Waals surface area contributed by atoms with E-state index in [1.54, 1.807) is 18.4 Å². The third-order valence-electron chi connectivity index (χ3n) is 3.10. The predicted octanol–water partition coefficient (Wildman–Crippen LogP) is 4.54. The van der Waals surface area contributed by atoms with Gasteiger partial charge in [-0.1, -0.05) is 25.1 Å². The summed E-state index contributed by atoms with van der Waals surface area (Å²) in [6.07, 6.45) is -1.92. The molecule has 0 aliphatic rings. The van der Waals surface area contributed by atoms with E-state index in [0.29, 0.717) is 12.1 Å². The van der Waals surface area contributed by atoms with Crippen molar-refractivity contribution in [3.05, 3.63) is 59.5 Å². The summed E-state index contributed by atoms with van der Waals surface area (Å²) < 4.78 is 43.2. The Hall–Kier alpha value is -1.75. The molecule has 20 heavy (non-hydrogen) atoms. The molecule has 0 fully saturated rings. The maximum absolute atomic E-state index is 12.6. The van der Waals surface area contributed by atoms with Crippen molar-refractivity contribution < 1.29 is 17.6 Å². The lowest BCUT2D eigenvalue weighted by atomic mass is 10.1. The van der Waals surface area contributed by atoms with Gasteiger partial charge in [0.2, 0.25) is 0 Å². The van der Waals surface area contributed by atoms with E-state index in [-0.39, 0.29) is 6.04 Å². The zero-order valence-corrected chi connectivity index (χ0v) is 11.1. The van der Waals surface area contributed by atoms with Crippen molar-refractivity contribution in [1.29, 1.82) is 0 Å². The van der Waals surface area contributed by atoms with Gasteiger partial charge >= 0.3 is 6.18 Å². The van der Waals surface area contributed by atoms with Crippen molar-refractivity contribution in [2.75, 3.05) is 0 Å². The standard InChI is InChI=1S/C15H16F3NO/c1-2-13(14-7-4-8-20-14)19-10-11-5-3-6-12(9-11)15(16,17)18/h3-9,13,19H,2,10H2,1H3. The molecule has 0 aliphatic carbocycles. The summed E-state index contributed by atoms with van der Waals surface area (Å²) in [5.41, 5.74) is -0.0207. The minimum absolute atomic E-state index is 0.000423. The number of alkyl halides is 3. The van der Waals surface area contributed by atoms with Crippen LogP contribution >= 0.6 is 0 Å². The van der Waals surface area contributed by atoms with Crippen LogP contribution in [0.3, 0.4) is 0 Å². The first-order chi connectivity index (χ1) is 9.50. The van der Waals surface area contributed by atoms with Crippen LogP contribution in [-0.2, 0) is 12.7 Å². The normalized spacial score (nSPS) is 13.4. The van der Waals surface area contributed by atoms with Crippen LogP contribution in [0.15, 0.2) is 47.1 Å². The molecule has 1 aromatic carbocycles. The lowest BCUT2D eigenvalue weighted by Gasteiger charge is -2.15. The Morgan fingerprint density at radius 3 is 2.60 bits per heavy atom. The van der Waals surface area contributed by atoms with Gasteiger partial charge in [0.25, 0.3) is 0 Å². The molecule has 0 amide bonds. The number of benzene rings is 1. The molecule has 1 unspecified atom stereocenters. The van der Waals surface area contributed by atoms with Gasteiger partial charge in [-0.3, -0.25) is 0 Å². The Morgan fingerprint density at radius 1 is 1.20 bits per heavy atom.